The van der Waals surface area contributed by atoms with Crippen molar-refractivity contribution in [2.45, 2.75) is 18.9 Å². The van der Waals surface area contributed by atoms with E-state index in [2.05, 4.69) is 47.5 Å². The van der Waals surface area contributed by atoms with E-state index in [4.69, 9.17) is 0 Å². The quantitative estimate of drug-likeness (QED) is 0.449. The first kappa shape index (κ1) is 18.7. The van der Waals surface area contributed by atoms with Crippen LogP contribution in [-0.2, 0) is 9.53 Å². The summed E-state index contributed by atoms with van der Waals surface area (Å²) < 4.78 is 4.68. The Morgan fingerprint density at radius 1 is 1.58 bits per heavy atom. The van der Waals surface area contributed by atoms with Gasteiger partial charge in [0.2, 0.25) is 0 Å². The van der Waals surface area contributed by atoms with Crippen molar-refractivity contribution in [1.29, 1.82) is 0 Å². The molecule has 1 atom stereocenters. The van der Waals surface area contributed by atoms with E-state index >= 15 is 0 Å². The standard InChI is InChI=1S/C13H26N2O2S2/c1-11(10-18)14-12(5-6-13(16)17-3)9-15(2)7-8-19-4/h12,14,18H,1,5-10H2,2-4H3. The van der Waals surface area contributed by atoms with E-state index in [0.717, 1.165) is 31.0 Å². The number of thiol groups is 1. The van der Waals surface area contributed by atoms with E-state index in [0.29, 0.717) is 12.2 Å². The van der Waals surface area contributed by atoms with Gasteiger partial charge in [0.05, 0.1) is 7.11 Å². The Kier molecular flexibility index (Phi) is 11.3. The molecule has 0 radical (unpaired) electrons. The molecule has 6 heteroatoms. The second kappa shape index (κ2) is 11.5. The Labute approximate surface area is 126 Å². The number of likely N-dealkylation sites (N-methyl/N-ethyl adjacent to an activating group) is 1. The summed E-state index contributed by atoms with van der Waals surface area (Å²) in [5.41, 5.74) is 0.886. The average Bonchev–Trinajstić information content (AvgIpc) is 2.41. The number of carbonyl (C=O) groups is 1. The number of methoxy groups -OCH3 is 1. The van der Waals surface area contributed by atoms with Gasteiger partial charge < -0.3 is 15.0 Å². The number of esters is 1. The highest BCUT2D eigenvalue weighted by atomic mass is 32.2. The first-order valence-electron chi connectivity index (χ1n) is 6.33. The van der Waals surface area contributed by atoms with E-state index in [1.54, 1.807) is 0 Å². The lowest BCUT2D eigenvalue weighted by Crippen LogP contribution is -2.40. The maximum absolute atomic E-state index is 11.2. The number of hydrogen-bond donors (Lipinski definition) is 2. The van der Waals surface area contributed by atoms with Crippen molar-refractivity contribution >= 4 is 30.4 Å². The molecule has 0 spiro atoms. The van der Waals surface area contributed by atoms with Gasteiger partial charge in [-0.3, -0.25) is 4.79 Å². The van der Waals surface area contributed by atoms with Crippen LogP contribution in [0, 0.1) is 0 Å². The SMILES string of the molecule is C=C(CS)NC(CCC(=O)OC)CN(C)CCSC. The van der Waals surface area contributed by atoms with Crippen LogP contribution < -0.4 is 5.32 Å². The van der Waals surface area contributed by atoms with Crippen LogP contribution in [0.4, 0.5) is 0 Å². The fourth-order valence-electron chi connectivity index (χ4n) is 1.65. The molecule has 0 saturated carbocycles. The van der Waals surface area contributed by atoms with Crippen LogP contribution >= 0.6 is 24.4 Å². The molecule has 0 aromatic rings. The molecule has 0 amide bonds. The summed E-state index contributed by atoms with van der Waals surface area (Å²) in [6, 6.07) is 0.200. The maximum atomic E-state index is 11.2. The van der Waals surface area contributed by atoms with Crippen LogP contribution in [0.1, 0.15) is 12.8 Å². The average molecular weight is 306 g/mol. The molecule has 1 unspecified atom stereocenters. The predicted octanol–water partition coefficient (Wildman–Crippen LogP) is 1.64. The normalized spacial score (nSPS) is 12.3. The highest BCUT2D eigenvalue weighted by Crippen LogP contribution is 2.05. The molecule has 0 heterocycles. The second-order valence-corrected chi connectivity index (χ2v) is 5.77. The molecule has 0 aliphatic heterocycles. The molecule has 0 aromatic carbocycles. The second-order valence-electron chi connectivity index (χ2n) is 4.47. The monoisotopic (exact) mass is 306 g/mol. The number of ether oxygens (including phenoxy) is 1. The Bertz CT molecular complexity index is 275. The first-order chi connectivity index (χ1) is 9.03. The third-order valence-corrected chi connectivity index (χ3v) is 3.71. The summed E-state index contributed by atoms with van der Waals surface area (Å²) in [6.45, 7) is 5.82. The molecule has 0 saturated heterocycles. The lowest BCUT2D eigenvalue weighted by Gasteiger charge is -2.26. The molecule has 112 valence electrons. The third kappa shape index (κ3) is 10.2. The minimum atomic E-state index is -0.171. The molecule has 0 aliphatic rings. The number of nitrogens with zero attached hydrogens (tertiary/aromatic N) is 1. The first-order valence-corrected chi connectivity index (χ1v) is 8.35. The summed E-state index contributed by atoms with van der Waals surface area (Å²) in [4.78, 5) is 13.5. The zero-order chi connectivity index (χ0) is 14.7. The van der Waals surface area contributed by atoms with Crippen LogP contribution in [0.5, 0.6) is 0 Å². The van der Waals surface area contributed by atoms with Crippen molar-refractivity contribution in [1.82, 2.24) is 10.2 Å². The van der Waals surface area contributed by atoms with E-state index in [9.17, 15) is 4.79 Å². The molecule has 4 nitrogen and oxygen atoms in total. The van der Waals surface area contributed by atoms with Gasteiger partial charge in [0, 0.05) is 42.8 Å². The molecule has 19 heavy (non-hydrogen) atoms. The predicted molar refractivity (Wildman–Crippen MR) is 87.0 cm³/mol. The molecular weight excluding hydrogens is 280 g/mol. The molecule has 0 bridgehead atoms. The van der Waals surface area contributed by atoms with Crippen LogP contribution in [0.3, 0.4) is 0 Å². The summed E-state index contributed by atoms with van der Waals surface area (Å²) in [5.74, 6) is 1.53. The number of rotatable bonds is 11. The molecular formula is C13H26N2O2S2. The van der Waals surface area contributed by atoms with Crippen LogP contribution in [0.15, 0.2) is 12.3 Å². The van der Waals surface area contributed by atoms with Gasteiger partial charge in [-0.05, 0) is 19.7 Å². The van der Waals surface area contributed by atoms with Crippen molar-refractivity contribution in [3.05, 3.63) is 12.3 Å². The summed E-state index contributed by atoms with van der Waals surface area (Å²) >= 11 is 6.03. The lowest BCUT2D eigenvalue weighted by molar-refractivity contribution is -0.140. The van der Waals surface area contributed by atoms with Crippen molar-refractivity contribution in [2.75, 3.05) is 45.0 Å². The highest BCUT2D eigenvalue weighted by molar-refractivity contribution is 7.98. The van der Waals surface area contributed by atoms with E-state index in [1.807, 2.05) is 11.8 Å². The molecule has 1 N–H and O–H groups in total. The summed E-state index contributed by atoms with van der Waals surface area (Å²) in [6.07, 6.45) is 3.26. The summed E-state index contributed by atoms with van der Waals surface area (Å²) in [5, 5.41) is 3.33. The molecule has 0 aliphatic carbocycles. The minimum absolute atomic E-state index is 0.171. The lowest BCUT2D eigenvalue weighted by atomic mass is 10.1. The number of carbonyl (C=O) groups excluding carboxylic acids is 1. The van der Waals surface area contributed by atoms with Crippen LogP contribution in [0.25, 0.3) is 0 Å². The fourth-order valence-corrected chi connectivity index (χ4v) is 2.24. The van der Waals surface area contributed by atoms with Crippen LogP contribution in [0.2, 0.25) is 0 Å². The third-order valence-electron chi connectivity index (χ3n) is 2.73. The van der Waals surface area contributed by atoms with Gasteiger partial charge in [0.1, 0.15) is 0 Å². The molecule has 0 rings (SSSR count). The van der Waals surface area contributed by atoms with Crippen molar-refractivity contribution in [2.24, 2.45) is 0 Å². The maximum Gasteiger partial charge on any atom is 0.305 e. The topological polar surface area (TPSA) is 41.6 Å². The smallest absolute Gasteiger partial charge is 0.305 e. The van der Waals surface area contributed by atoms with Crippen molar-refractivity contribution < 1.29 is 9.53 Å². The van der Waals surface area contributed by atoms with Crippen molar-refractivity contribution in [3.63, 3.8) is 0 Å². The largest absolute Gasteiger partial charge is 0.469 e. The van der Waals surface area contributed by atoms with E-state index < -0.39 is 0 Å². The van der Waals surface area contributed by atoms with Gasteiger partial charge >= 0.3 is 5.97 Å². The number of thioether (sulfide) groups is 1. The molecule has 0 fully saturated rings. The highest BCUT2D eigenvalue weighted by Gasteiger charge is 2.14. The Balaban J connectivity index is 4.23. The van der Waals surface area contributed by atoms with Gasteiger partial charge in [-0.25, -0.2) is 0 Å². The zero-order valence-corrected chi connectivity index (χ0v) is 13.9. The van der Waals surface area contributed by atoms with Gasteiger partial charge in [-0.2, -0.15) is 24.4 Å². The minimum Gasteiger partial charge on any atom is -0.469 e. The van der Waals surface area contributed by atoms with Crippen LogP contribution in [-0.4, -0.2) is 61.9 Å². The van der Waals surface area contributed by atoms with E-state index in [-0.39, 0.29) is 12.0 Å². The Morgan fingerprint density at radius 2 is 2.26 bits per heavy atom. The van der Waals surface area contributed by atoms with Gasteiger partial charge in [0.25, 0.3) is 0 Å². The summed E-state index contributed by atoms with van der Waals surface area (Å²) in [7, 11) is 3.51. The molecule has 0 aromatic heterocycles. The van der Waals surface area contributed by atoms with Gasteiger partial charge in [0.15, 0.2) is 0 Å². The van der Waals surface area contributed by atoms with Gasteiger partial charge in [-0.15, -0.1) is 0 Å². The van der Waals surface area contributed by atoms with Crippen molar-refractivity contribution in [3.8, 4) is 0 Å². The Hall–Kier alpha value is -0.330. The van der Waals surface area contributed by atoms with E-state index in [1.165, 1.54) is 7.11 Å². The Morgan fingerprint density at radius 3 is 2.79 bits per heavy atom. The number of nitrogens with one attached hydrogen (secondary N) is 1. The van der Waals surface area contributed by atoms with Gasteiger partial charge in [-0.1, -0.05) is 6.58 Å². The number of hydrogen-bond acceptors (Lipinski definition) is 6. The zero-order valence-electron chi connectivity index (χ0n) is 12.1. The fraction of sp³-hybridized carbons (Fsp3) is 0.769.